The van der Waals surface area contributed by atoms with E-state index in [1.807, 2.05) is 0 Å². The molecule has 1 saturated heterocycles. The Balaban J connectivity index is 2.14. The molecule has 0 saturated carbocycles. The number of carbonyl (C=O) groups excluding carboxylic acids is 1. The third-order valence-electron chi connectivity index (χ3n) is 3.30. The van der Waals surface area contributed by atoms with Crippen LogP contribution in [0.1, 0.15) is 35.1 Å². The first-order valence-electron chi connectivity index (χ1n) is 6.63. The first-order chi connectivity index (χ1) is 8.74. The summed E-state index contributed by atoms with van der Waals surface area (Å²) in [5, 5.41) is 1.02. The van der Waals surface area contributed by atoms with Crippen LogP contribution in [0.3, 0.4) is 0 Å². The fourth-order valence-electron chi connectivity index (χ4n) is 2.23. The third-order valence-corrected chi connectivity index (χ3v) is 4.38. The van der Waals surface area contributed by atoms with Crippen LogP contribution >= 0.6 is 11.3 Å². The van der Waals surface area contributed by atoms with Crippen LogP contribution in [-0.4, -0.2) is 49.4 Å². The number of aromatic nitrogens is 1. The lowest BCUT2D eigenvalue weighted by Gasteiger charge is -2.19. The Morgan fingerprint density at radius 3 is 2.89 bits per heavy atom. The standard InChI is InChI=1S/C13H21N3OS/c1-3-5-11-12(10-17)18-13(14-11)16-7-4-6-15(2)8-9-16/h10H,3-9H2,1-2H3. The molecule has 4 nitrogen and oxygen atoms in total. The maximum Gasteiger partial charge on any atom is 0.186 e. The van der Waals surface area contributed by atoms with E-state index >= 15 is 0 Å². The summed E-state index contributed by atoms with van der Waals surface area (Å²) < 4.78 is 0. The summed E-state index contributed by atoms with van der Waals surface area (Å²) in [6, 6.07) is 0. The molecule has 2 heterocycles. The second-order valence-electron chi connectivity index (χ2n) is 4.82. The molecule has 1 aliphatic rings. The monoisotopic (exact) mass is 267 g/mol. The van der Waals surface area contributed by atoms with Crippen molar-refractivity contribution < 1.29 is 4.79 Å². The molecule has 0 bridgehead atoms. The lowest BCUT2D eigenvalue weighted by atomic mass is 10.2. The summed E-state index contributed by atoms with van der Waals surface area (Å²) in [5.74, 6) is 0. The molecular formula is C13H21N3OS. The van der Waals surface area contributed by atoms with Crippen LogP contribution in [0.5, 0.6) is 0 Å². The van der Waals surface area contributed by atoms with E-state index in [1.54, 1.807) is 11.3 Å². The summed E-state index contributed by atoms with van der Waals surface area (Å²) >= 11 is 1.54. The number of hydrogen-bond acceptors (Lipinski definition) is 5. The van der Waals surface area contributed by atoms with Gasteiger partial charge in [0.05, 0.1) is 10.6 Å². The number of aryl methyl sites for hydroxylation is 1. The number of anilines is 1. The normalized spacial score (nSPS) is 17.8. The molecule has 2 rings (SSSR count). The van der Waals surface area contributed by atoms with E-state index in [0.29, 0.717) is 0 Å². The average molecular weight is 267 g/mol. The maximum atomic E-state index is 11.1. The Kier molecular flexibility index (Phi) is 4.72. The molecule has 100 valence electrons. The van der Waals surface area contributed by atoms with Crippen molar-refractivity contribution >= 4 is 22.8 Å². The summed E-state index contributed by atoms with van der Waals surface area (Å²) in [4.78, 5) is 21.2. The zero-order chi connectivity index (χ0) is 13.0. The van der Waals surface area contributed by atoms with Gasteiger partial charge in [0.15, 0.2) is 11.4 Å². The van der Waals surface area contributed by atoms with E-state index in [-0.39, 0.29) is 0 Å². The van der Waals surface area contributed by atoms with Crippen molar-refractivity contribution in [3.63, 3.8) is 0 Å². The maximum absolute atomic E-state index is 11.1. The van der Waals surface area contributed by atoms with Crippen LogP contribution in [0.15, 0.2) is 0 Å². The van der Waals surface area contributed by atoms with Crippen molar-refractivity contribution in [2.24, 2.45) is 0 Å². The molecule has 5 heteroatoms. The van der Waals surface area contributed by atoms with E-state index in [1.165, 1.54) is 0 Å². The predicted molar refractivity (Wildman–Crippen MR) is 75.8 cm³/mol. The molecule has 0 aliphatic carbocycles. The Morgan fingerprint density at radius 2 is 2.17 bits per heavy atom. The van der Waals surface area contributed by atoms with E-state index in [0.717, 1.165) is 67.4 Å². The van der Waals surface area contributed by atoms with Gasteiger partial charge in [-0.05, 0) is 26.4 Å². The second-order valence-corrected chi connectivity index (χ2v) is 5.83. The number of thiazole rings is 1. The SMILES string of the molecule is CCCc1nc(N2CCCN(C)CC2)sc1C=O. The fourth-order valence-corrected chi connectivity index (χ4v) is 3.21. The molecule has 1 aliphatic heterocycles. The van der Waals surface area contributed by atoms with Gasteiger partial charge < -0.3 is 9.80 Å². The van der Waals surface area contributed by atoms with Crippen LogP contribution in [0.2, 0.25) is 0 Å². The van der Waals surface area contributed by atoms with E-state index in [2.05, 4.69) is 28.8 Å². The van der Waals surface area contributed by atoms with Gasteiger partial charge in [0.2, 0.25) is 0 Å². The molecule has 0 amide bonds. The van der Waals surface area contributed by atoms with Crippen LogP contribution in [0.25, 0.3) is 0 Å². The topological polar surface area (TPSA) is 36.4 Å². The molecule has 1 aromatic rings. The minimum atomic E-state index is 0.810. The zero-order valence-corrected chi connectivity index (χ0v) is 12.0. The highest BCUT2D eigenvalue weighted by Crippen LogP contribution is 2.26. The Morgan fingerprint density at radius 1 is 1.33 bits per heavy atom. The Hall–Kier alpha value is -0.940. The Labute approximate surface area is 113 Å². The summed E-state index contributed by atoms with van der Waals surface area (Å²) in [5.41, 5.74) is 0.977. The fraction of sp³-hybridized carbons (Fsp3) is 0.692. The van der Waals surface area contributed by atoms with Crippen molar-refractivity contribution in [2.75, 3.05) is 38.1 Å². The number of likely N-dealkylation sites (N-methyl/N-ethyl adjacent to an activating group) is 1. The van der Waals surface area contributed by atoms with Crippen molar-refractivity contribution in [2.45, 2.75) is 26.2 Å². The van der Waals surface area contributed by atoms with Gasteiger partial charge in [-0.15, -0.1) is 0 Å². The van der Waals surface area contributed by atoms with E-state index < -0.39 is 0 Å². The molecule has 1 aromatic heterocycles. The number of aldehydes is 1. The molecule has 0 N–H and O–H groups in total. The van der Waals surface area contributed by atoms with Crippen LogP contribution in [0, 0.1) is 0 Å². The summed E-state index contributed by atoms with van der Waals surface area (Å²) in [6.45, 7) is 6.38. The molecule has 0 atom stereocenters. The summed E-state index contributed by atoms with van der Waals surface area (Å²) in [6.07, 6.45) is 4.05. The molecule has 18 heavy (non-hydrogen) atoms. The first-order valence-corrected chi connectivity index (χ1v) is 7.44. The lowest BCUT2D eigenvalue weighted by molar-refractivity contribution is 0.112. The largest absolute Gasteiger partial charge is 0.347 e. The molecule has 0 radical (unpaired) electrons. The molecule has 1 fully saturated rings. The Bertz CT molecular complexity index is 405. The highest BCUT2D eigenvalue weighted by atomic mass is 32.1. The van der Waals surface area contributed by atoms with Crippen LogP contribution in [-0.2, 0) is 6.42 Å². The van der Waals surface area contributed by atoms with Crippen molar-refractivity contribution in [1.29, 1.82) is 0 Å². The molecular weight excluding hydrogens is 246 g/mol. The highest BCUT2D eigenvalue weighted by Gasteiger charge is 2.18. The first kappa shape index (κ1) is 13.5. The number of nitrogens with zero attached hydrogens (tertiary/aromatic N) is 3. The second kappa shape index (κ2) is 6.29. The molecule has 0 aromatic carbocycles. The van der Waals surface area contributed by atoms with E-state index in [4.69, 9.17) is 0 Å². The zero-order valence-electron chi connectivity index (χ0n) is 11.2. The number of rotatable bonds is 4. The average Bonchev–Trinajstić information content (AvgIpc) is 2.64. The van der Waals surface area contributed by atoms with Crippen molar-refractivity contribution in [1.82, 2.24) is 9.88 Å². The smallest absolute Gasteiger partial charge is 0.186 e. The lowest BCUT2D eigenvalue weighted by Crippen LogP contribution is -2.28. The predicted octanol–water partition coefficient (Wildman–Crippen LogP) is 2.05. The van der Waals surface area contributed by atoms with Gasteiger partial charge in [0, 0.05) is 19.6 Å². The molecule has 0 spiro atoms. The van der Waals surface area contributed by atoms with Gasteiger partial charge >= 0.3 is 0 Å². The van der Waals surface area contributed by atoms with Gasteiger partial charge in [-0.1, -0.05) is 24.7 Å². The van der Waals surface area contributed by atoms with Gasteiger partial charge in [-0.25, -0.2) is 4.98 Å². The number of hydrogen-bond donors (Lipinski definition) is 0. The van der Waals surface area contributed by atoms with Gasteiger partial charge in [-0.3, -0.25) is 4.79 Å². The van der Waals surface area contributed by atoms with Crippen LogP contribution in [0.4, 0.5) is 5.13 Å². The molecule has 0 unspecified atom stereocenters. The number of carbonyl (C=O) groups is 1. The van der Waals surface area contributed by atoms with Crippen molar-refractivity contribution in [3.05, 3.63) is 10.6 Å². The third kappa shape index (κ3) is 3.09. The minimum Gasteiger partial charge on any atom is -0.347 e. The quantitative estimate of drug-likeness (QED) is 0.782. The van der Waals surface area contributed by atoms with Crippen LogP contribution < -0.4 is 4.90 Å². The van der Waals surface area contributed by atoms with Crippen molar-refractivity contribution in [3.8, 4) is 0 Å². The highest BCUT2D eigenvalue weighted by molar-refractivity contribution is 7.17. The van der Waals surface area contributed by atoms with Gasteiger partial charge in [0.25, 0.3) is 0 Å². The van der Waals surface area contributed by atoms with E-state index in [9.17, 15) is 4.79 Å². The van der Waals surface area contributed by atoms with Gasteiger partial charge in [0.1, 0.15) is 0 Å². The summed E-state index contributed by atoms with van der Waals surface area (Å²) in [7, 11) is 2.16. The van der Waals surface area contributed by atoms with Gasteiger partial charge in [-0.2, -0.15) is 0 Å². The minimum absolute atomic E-state index is 0.810.